The number of carbonyl (C=O) groups is 1. The van der Waals surface area contributed by atoms with Crippen LogP contribution in [0.15, 0.2) is 5.16 Å². The van der Waals surface area contributed by atoms with Crippen LogP contribution in [0.1, 0.15) is 19.3 Å². The third-order valence-corrected chi connectivity index (χ3v) is 3.42. The number of carbonyl (C=O) groups excluding carboxylic acids is 1. The van der Waals surface area contributed by atoms with Crippen LogP contribution in [0.4, 0.5) is 0 Å². The van der Waals surface area contributed by atoms with E-state index in [4.69, 9.17) is 5.21 Å². The molecule has 25 heavy (non-hydrogen) atoms. The molecule has 0 bridgehead atoms. The van der Waals surface area contributed by atoms with Crippen LogP contribution < -0.4 is 5.32 Å². The standard InChI is InChI=1S/C15H33N5O2.3ClH/c1-18(2)9-6-11-20(4)13-7-12-19(3)10-5-8-16-15(21)14-17-22;;;/h14,22H,5-13H2,1-4H3,(H,16,21);3*1H/b17-14-;;;. The maximum atomic E-state index is 11.0. The third kappa shape index (κ3) is 23.7. The van der Waals surface area contributed by atoms with Gasteiger partial charge in [0.25, 0.3) is 5.91 Å². The van der Waals surface area contributed by atoms with Crippen molar-refractivity contribution in [1.82, 2.24) is 20.0 Å². The monoisotopic (exact) mass is 423 g/mol. The van der Waals surface area contributed by atoms with Crippen molar-refractivity contribution in [3.8, 4) is 0 Å². The molecule has 0 atom stereocenters. The van der Waals surface area contributed by atoms with Crippen molar-refractivity contribution in [2.24, 2.45) is 5.16 Å². The molecule has 1 amide bonds. The van der Waals surface area contributed by atoms with E-state index in [1.54, 1.807) is 0 Å². The first kappa shape index (κ1) is 32.4. The molecule has 154 valence electrons. The number of nitrogens with zero attached hydrogens (tertiary/aromatic N) is 4. The van der Waals surface area contributed by atoms with Crippen molar-refractivity contribution < 1.29 is 10.0 Å². The van der Waals surface area contributed by atoms with E-state index in [0.717, 1.165) is 51.8 Å². The molecule has 0 radical (unpaired) electrons. The summed E-state index contributed by atoms with van der Waals surface area (Å²) in [6.45, 7) is 5.99. The van der Waals surface area contributed by atoms with Gasteiger partial charge in [0.05, 0.1) is 0 Å². The van der Waals surface area contributed by atoms with Gasteiger partial charge in [0.15, 0.2) is 0 Å². The molecule has 0 saturated carbocycles. The van der Waals surface area contributed by atoms with Crippen molar-refractivity contribution in [1.29, 1.82) is 0 Å². The minimum atomic E-state index is -0.357. The summed E-state index contributed by atoms with van der Waals surface area (Å²) in [4.78, 5) is 17.9. The average molecular weight is 425 g/mol. The van der Waals surface area contributed by atoms with E-state index >= 15 is 0 Å². The second kappa shape index (κ2) is 21.7. The van der Waals surface area contributed by atoms with Gasteiger partial charge < -0.3 is 25.2 Å². The number of rotatable bonds is 13. The zero-order valence-electron chi connectivity index (χ0n) is 15.8. The molecule has 0 rings (SSSR count). The quantitative estimate of drug-likeness (QED) is 0.202. The number of halogens is 3. The van der Waals surface area contributed by atoms with E-state index in [9.17, 15) is 4.79 Å². The number of oxime groups is 1. The molecule has 0 saturated heterocycles. The molecule has 0 aromatic heterocycles. The van der Waals surface area contributed by atoms with Gasteiger partial charge in [-0.25, -0.2) is 0 Å². The number of amides is 1. The van der Waals surface area contributed by atoms with Crippen LogP contribution in [-0.4, -0.2) is 99.5 Å². The van der Waals surface area contributed by atoms with Crippen LogP contribution in [0.3, 0.4) is 0 Å². The van der Waals surface area contributed by atoms with E-state index in [0.29, 0.717) is 6.54 Å². The Kier molecular flexibility index (Phi) is 28.1. The molecule has 0 unspecified atom stereocenters. The molecule has 0 fully saturated rings. The van der Waals surface area contributed by atoms with Gasteiger partial charge >= 0.3 is 0 Å². The molecule has 10 heteroatoms. The van der Waals surface area contributed by atoms with Crippen molar-refractivity contribution in [2.45, 2.75) is 19.3 Å². The number of hydrogen-bond acceptors (Lipinski definition) is 6. The van der Waals surface area contributed by atoms with Crippen molar-refractivity contribution in [3.05, 3.63) is 0 Å². The Bertz CT molecular complexity index is 324. The summed E-state index contributed by atoms with van der Waals surface area (Å²) in [6.07, 6.45) is 4.12. The van der Waals surface area contributed by atoms with E-state index in [-0.39, 0.29) is 43.1 Å². The third-order valence-electron chi connectivity index (χ3n) is 3.42. The van der Waals surface area contributed by atoms with Gasteiger partial charge in [0, 0.05) is 6.54 Å². The normalized spacial score (nSPS) is 10.5. The molecule has 7 nitrogen and oxygen atoms in total. The van der Waals surface area contributed by atoms with Crippen LogP contribution >= 0.6 is 37.2 Å². The maximum absolute atomic E-state index is 11.0. The lowest BCUT2D eigenvalue weighted by Gasteiger charge is -2.21. The summed E-state index contributed by atoms with van der Waals surface area (Å²) in [7, 11) is 8.49. The first-order chi connectivity index (χ1) is 10.5. The smallest absolute Gasteiger partial charge is 0.265 e. The lowest BCUT2D eigenvalue weighted by molar-refractivity contribution is -0.114. The topological polar surface area (TPSA) is 71.4 Å². The molecule has 0 aliphatic heterocycles. The number of nitrogens with one attached hydrogen (secondary N) is 1. The summed E-state index contributed by atoms with van der Waals surface area (Å²) in [6, 6.07) is 0. The van der Waals surface area contributed by atoms with Gasteiger partial charge in [0.1, 0.15) is 6.21 Å². The fourth-order valence-corrected chi connectivity index (χ4v) is 2.15. The summed E-state index contributed by atoms with van der Waals surface area (Å²) in [5, 5.41) is 13.5. The highest BCUT2D eigenvalue weighted by Gasteiger charge is 2.02. The minimum Gasteiger partial charge on any atom is -0.411 e. The first-order valence-corrected chi connectivity index (χ1v) is 7.92. The summed E-state index contributed by atoms with van der Waals surface area (Å²) in [5.74, 6) is -0.357. The van der Waals surface area contributed by atoms with E-state index in [1.165, 1.54) is 6.42 Å². The summed E-state index contributed by atoms with van der Waals surface area (Å²) >= 11 is 0. The zero-order valence-corrected chi connectivity index (χ0v) is 18.3. The van der Waals surface area contributed by atoms with Gasteiger partial charge in [-0.2, -0.15) is 0 Å². The van der Waals surface area contributed by atoms with Gasteiger partial charge in [-0.15, -0.1) is 37.2 Å². The Morgan fingerprint density at radius 3 is 1.76 bits per heavy atom. The first-order valence-electron chi connectivity index (χ1n) is 7.92. The predicted molar refractivity (Wildman–Crippen MR) is 112 cm³/mol. The Morgan fingerprint density at radius 1 is 0.880 bits per heavy atom. The fourth-order valence-electron chi connectivity index (χ4n) is 2.15. The zero-order chi connectivity index (χ0) is 16.8. The van der Waals surface area contributed by atoms with E-state index in [1.807, 2.05) is 0 Å². The Morgan fingerprint density at radius 2 is 1.32 bits per heavy atom. The van der Waals surface area contributed by atoms with Crippen LogP contribution in [0.5, 0.6) is 0 Å². The second-order valence-corrected chi connectivity index (χ2v) is 6.01. The van der Waals surface area contributed by atoms with Gasteiger partial charge in [-0.3, -0.25) is 4.79 Å². The van der Waals surface area contributed by atoms with Crippen LogP contribution in [0.25, 0.3) is 0 Å². The molecule has 0 aromatic rings. The van der Waals surface area contributed by atoms with Crippen molar-refractivity contribution in [3.63, 3.8) is 0 Å². The van der Waals surface area contributed by atoms with Gasteiger partial charge in [0.2, 0.25) is 0 Å². The predicted octanol–water partition coefficient (Wildman–Crippen LogP) is 1.42. The average Bonchev–Trinajstić information content (AvgIpc) is 2.43. The summed E-state index contributed by atoms with van der Waals surface area (Å²) < 4.78 is 0. The van der Waals surface area contributed by atoms with E-state index in [2.05, 4.69) is 53.4 Å². The van der Waals surface area contributed by atoms with Gasteiger partial charge in [-0.1, -0.05) is 5.16 Å². The highest BCUT2D eigenvalue weighted by atomic mass is 35.5. The molecule has 0 heterocycles. The Labute approximate surface area is 171 Å². The Balaban J connectivity index is -0.000000735. The molecule has 0 aliphatic rings. The number of hydrogen-bond donors (Lipinski definition) is 2. The lowest BCUT2D eigenvalue weighted by Crippen LogP contribution is -2.30. The molecule has 2 N–H and O–H groups in total. The summed E-state index contributed by atoms with van der Waals surface area (Å²) in [5.41, 5.74) is 0. The Hall–Kier alpha value is -0.310. The SMILES string of the molecule is CN(C)CCCN(C)CCCN(C)CCCNC(=O)/C=N\O.Cl.Cl.Cl. The molecular weight excluding hydrogens is 389 g/mol. The van der Waals surface area contributed by atoms with Crippen LogP contribution in [0, 0.1) is 0 Å². The van der Waals surface area contributed by atoms with Gasteiger partial charge in [-0.05, 0) is 80.2 Å². The van der Waals surface area contributed by atoms with Crippen molar-refractivity contribution >= 4 is 49.3 Å². The van der Waals surface area contributed by atoms with Crippen LogP contribution in [-0.2, 0) is 4.79 Å². The highest BCUT2D eigenvalue weighted by Crippen LogP contribution is 1.95. The molecular formula is C15H36Cl3N5O2. The van der Waals surface area contributed by atoms with E-state index < -0.39 is 0 Å². The van der Waals surface area contributed by atoms with Crippen LogP contribution in [0.2, 0.25) is 0 Å². The fraction of sp³-hybridized carbons (Fsp3) is 0.867. The second-order valence-electron chi connectivity index (χ2n) is 6.01. The molecule has 0 spiro atoms. The minimum absolute atomic E-state index is 0. The maximum Gasteiger partial charge on any atom is 0.265 e. The molecule has 0 aliphatic carbocycles. The largest absolute Gasteiger partial charge is 0.411 e. The van der Waals surface area contributed by atoms with Crippen molar-refractivity contribution in [2.75, 3.05) is 67.5 Å². The lowest BCUT2D eigenvalue weighted by atomic mass is 10.3. The highest BCUT2D eigenvalue weighted by molar-refractivity contribution is 6.25. The molecule has 0 aromatic carbocycles.